The zero-order valence-electron chi connectivity index (χ0n) is 11.2. The molecule has 1 N–H and O–H groups in total. The van der Waals surface area contributed by atoms with Crippen LogP contribution in [0.1, 0.15) is 18.1 Å². The molecule has 0 saturated carbocycles. The van der Waals surface area contributed by atoms with E-state index in [1.165, 1.54) is 11.1 Å². The Balaban J connectivity index is 2.03. The highest BCUT2D eigenvalue weighted by Crippen LogP contribution is 2.35. The fourth-order valence-electron chi connectivity index (χ4n) is 2.83. The summed E-state index contributed by atoms with van der Waals surface area (Å²) in [6.45, 7) is 3.22. The van der Waals surface area contributed by atoms with Crippen LogP contribution in [-0.2, 0) is 0 Å². The normalized spacial score (nSPS) is 24.1. The van der Waals surface area contributed by atoms with Gasteiger partial charge in [-0.2, -0.15) is 5.26 Å². The van der Waals surface area contributed by atoms with E-state index in [9.17, 15) is 0 Å². The molecule has 20 heavy (non-hydrogen) atoms. The molecular formula is C17H15ClN2. The molecule has 0 saturated heterocycles. The SMILES string of the molecule is CC1C=C(c2ccc(Cl)c(C#N)c2)C=C2C=CNCC21. The van der Waals surface area contributed by atoms with E-state index in [1.54, 1.807) is 6.07 Å². The molecule has 0 bridgehead atoms. The molecule has 0 aromatic heterocycles. The smallest absolute Gasteiger partial charge is 0.101 e. The molecular weight excluding hydrogens is 268 g/mol. The van der Waals surface area contributed by atoms with Gasteiger partial charge in [-0.1, -0.05) is 36.7 Å². The number of allylic oxidation sites excluding steroid dienone is 4. The molecule has 1 aromatic rings. The number of fused-ring (bicyclic) bond motifs is 1. The van der Waals surface area contributed by atoms with Crippen LogP contribution in [0.5, 0.6) is 0 Å². The number of nitriles is 1. The van der Waals surface area contributed by atoms with Crippen LogP contribution < -0.4 is 5.32 Å². The first-order valence-corrected chi connectivity index (χ1v) is 7.10. The lowest BCUT2D eigenvalue weighted by Gasteiger charge is -2.30. The lowest BCUT2D eigenvalue weighted by Crippen LogP contribution is -2.29. The van der Waals surface area contributed by atoms with Gasteiger partial charge >= 0.3 is 0 Å². The molecule has 3 heteroatoms. The first-order valence-electron chi connectivity index (χ1n) is 6.72. The van der Waals surface area contributed by atoms with Crippen LogP contribution in [0.15, 0.2) is 48.2 Å². The molecule has 0 amide bonds. The van der Waals surface area contributed by atoms with Crippen molar-refractivity contribution in [3.63, 3.8) is 0 Å². The standard InChI is InChI=1S/C17H15ClN2/c1-11-6-14(8-13-4-5-20-10-16(11)13)12-2-3-17(18)15(7-12)9-19/h2-8,11,16,20H,10H2,1H3. The maximum Gasteiger partial charge on any atom is 0.101 e. The van der Waals surface area contributed by atoms with Gasteiger partial charge in [0.15, 0.2) is 0 Å². The molecule has 0 fully saturated rings. The molecule has 1 aliphatic heterocycles. The third-order valence-electron chi connectivity index (χ3n) is 3.98. The fourth-order valence-corrected chi connectivity index (χ4v) is 2.99. The highest BCUT2D eigenvalue weighted by atomic mass is 35.5. The molecule has 1 aliphatic carbocycles. The average Bonchev–Trinajstić information content (AvgIpc) is 2.47. The molecule has 1 heterocycles. The van der Waals surface area contributed by atoms with Gasteiger partial charge in [-0.25, -0.2) is 0 Å². The number of hydrogen-bond donors (Lipinski definition) is 1. The zero-order chi connectivity index (χ0) is 14.1. The number of rotatable bonds is 1. The number of nitrogens with zero attached hydrogens (tertiary/aromatic N) is 1. The molecule has 100 valence electrons. The summed E-state index contributed by atoms with van der Waals surface area (Å²) in [5, 5.41) is 12.9. The maximum absolute atomic E-state index is 9.09. The van der Waals surface area contributed by atoms with Gasteiger partial charge in [0.2, 0.25) is 0 Å². The lowest BCUT2D eigenvalue weighted by molar-refractivity contribution is 0.465. The van der Waals surface area contributed by atoms with E-state index >= 15 is 0 Å². The summed E-state index contributed by atoms with van der Waals surface area (Å²) in [6, 6.07) is 7.77. The van der Waals surface area contributed by atoms with Crippen LogP contribution in [0, 0.1) is 23.2 Å². The van der Waals surface area contributed by atoms with Crippen molar-refractivity contribution < 1.29 is 0 Å². The first-order chi connectivity index (χ1) is 9.69. The van der Waals surface area contributed by atoms with E-state index in [1.807, 2.05) is 18.3 Å². The quantitative estimate of drug-likeness (QED) is 0.848. The Morgan fingerprint density at radius 2 is 2.25 bits per heavy atom. The van der Waals surface area contributed by atoms with E-state index in [0.717, 1.165) is 12.1 Å². The van der Waals surface area contributed by atoms with Crippen molar-refractivity contribution in [2.75, 3.05) is 6.54 Å². The van der Waals surface area contributed by atoms with E-state index in [4.69, 9.17) is 16.9 Å². The number of nitrogens with one attached hydrogen (secondary N) is 1. The summed E-state index contributed by atoms with van der Waals surface area (Å²) in [4.78, 5) is 0. The largest absolute Gasteiger partial charge is 0.390 e. The second-order valence-electron chi connectivity index (χ2n) is 5.28. The van der Waals surface area contributed by atoms with E-state index in [0.29, 0.717) is 22.4 Å². The Morgan fingerprint density at radius 3 is 3.05 bits per heavy atom. The molecule has 1 aromatic carbocycles. The molecule has 0 radical (unpaired) electrons. The zero-order valence-corrected chi connectivity index (χ0v) is 12.0. The highest BCUT2D eigenvalue weighted by molar-refractivity contribution is 6.31. The van der Waals surface area contributed by atoms with E-state index < -0.39 is 0 Å². The number of hydrogen-bond acceptors (Lipinski definition) is 2. The van der Waals surface area contributed by atoms with Gasteiger partial charge in [-0.05, 0) is 47.0 Å². The predicted octanol–water partition coefficient (Wildman–Crippen LogP) is 3.90. The monoisotopic (exact) mass is 282 g/mol. The average molecular weight is 283 g/mol. The van der Waals surface area contributed by atoms with Crippen molar-refractivity contribution in [2.24, 2.45) is 11.8 Å². The fraction of sp³-hybridized carbons (Fsp3) is 0.235. The van der Waals surface area contributed by atoms with Crippen molar-refractivity contribution >= 4 is 17.2 Å². The van der Waals surface area contributed by atoms with Gasteiger partial charge in [0.25, 0.3) is 0 Å². The number of benzene rings is 1. The van der Waals surface area contributed by atoms with Crippen molar-refractivity contribution in [2.45, 2.75) is 6.92 Å². The van der Waals surface area contributed by atoms with Crippen LogP contribution >= 0.6 is 11.6 Å². The second kappa shape index (κ2) is 5.19. The maximum atomic E-state index is 9.09. The van der Waals surface area contributed by atoms with Crippen molar-refractivity contribution in [3.8, 4) is 6.07 Å². The van der Waals surface area contributed by atoms with Crippen molar-refractivity contribution in [1.29, 1.82) is 5.26 Å². The summed E-state index contributed by atoms with van der Waals surface area (Å²) in [5.41, 5.74) is 4.10. The molecule has 3 rings (SSSR count). The van der Waals surface area contributed by atoms with Gasteiger partial charge in [0, 0.05) is 12.5 Å². The summed E-state index contributed by atoms with van der Waals surface area (Å²) >= 11 is 6.00. The Bertz CT molecular complexity index is 677. The van der Waals surface area contributed by atoms with Gasteiger partial charge in [-0.3, -0.25) is 0 Å². The van der Waals surface area contributed by atoms with Crippen LogP contribution in [0.2, 0.25) is 5.02 Å². The lowest BCUT2D eigenvalue weighted by atomic mass is 9.78. The summed E-state index contributed by atoms with van der Waals surface area (Å²) in [7, 11) is 0. The topological polar surface area (TPSA) is 35.8 Å². The van der Waals surface area contributed by atoms with E-state index in [2.05, 4.69) is 36.5 Å². The molecule has 0 spiro atoms. The van der Waals surface area contributed by atoms with Crippen LogP contribution in [0.25, 0.3) is 5.57 Å². The molecule has 2 unspecified atom stereocenters. The third kappa shape index (κ3) is 2.26. The minimum atomic E-state index is 0.476. The Labute approximate surface area is 124 Å². The van der Waals surface area contributed by atoms with Gasteiger partial charge in [0.1, 0.15) is 6.07 Å². The van der Waals surface area contributed by atoms with Gasteiger partial charge in [-0.15, -0.1) is 0 Å². The van der Waals surface area contributed by atoms with Crippen LogP contribution in [-0.4, -0.2) is 6.54 Å². The van der Waals surface area contributed by atoms with E-state index in [-0.39, 0.29) is 0 Å². The minimum Gasteiger partial charge on any atom is -0.390 e. The van der Waals surface area contributed by atoms with Crippen LogP contribution in [0.3, 0.4) is 0 Å². The Morgan fingerprint density at radius 1 is 1.40 bits per heavy atom. The first kappa shape index (κ1) is 13.0. The Kier molecular flexibility index (Phi) is 3.38. The number of halogens is 1. The van der Waals surface area contributed by atoms with Gasteiger partial charge < -0.3 is 5.32 Å². The minimum absolute atomic E-state index is 0.476. The van der Waals surface area contributed by atoms with Gasteiger partial charge in [0.05, 0.1) is 10.6 Å². The predicted molar refractivity (Wildman–Crippen MR) is 82.0 cm³/mol. The summed E-state index contributed by atoms with van der Waals surface area (Å²) in [6.07, 6.45) is 8.63. The molecule has 2 atom stereocenters. The van der Waals surface area contributed by atoms with Crippen LogP contribution in [0.4, 0.5) is 0 Å². The third-order valence-corrected chi connectivity index (χ3v) is 4.31. The molecule has 2 nitrogen and oxygen atoms in total. The highest BCUT2D eigenvalue weighted by Gasteiger charge is 2.24. The second-order valence-corrected chi connectivity index (χ2v) is 5.69. The van der Waals surface area contributed by atoms with Crippen molar-refractivity contribution in [3.05, 3.63) is 64.3 Å². The summed E-state index contributed by atoms with van der Waals surface area (Å²) < 4.78 is 0. The Hall–Kier alpha value is -1.98. The molecule has 2 aliphatic rings. The van der Waals surface area contributed by atoms with Crippen molar-refractivity contribution in [1.82, 2.24) is 5.32 Å². The summed E-state index contributed by atoms with van der Waals surface area (Å²) in [5.74, 6) is 1.01.